The molecule has 0 aliphatic carbocycles. The Morgan fingerprint density at radius 3 is 2.28 bits per heavy atom. The van der Waals surface area contributed by atoms with Crippen LogP contribution in [0, 0.1) is 0 Å². The molecule has 6 heteroatoms. The zero-order chi connectivity index (χ0) is 13.2. The molecule has 0 aromatic heterocycles. The number of hydrogen-bond donors (Lipinski definition) is 2. The Hall–Kier alpha value is -1.27. The van der Waals surface area contributed by atoms with Gasteiger partial charge in [-0.2, -0.15) is 0 Å². The molecule has 0 atom stereocenters. The fourth-order valence-electron chi connectivity index (χ4n) is 2.24. The van der Waals surface area contributed by atoms with E-state index in [1.54, 1.807) is 0 Å². The fourth-order valence-corrected chi connectivity index (χ4v) is 3.08. The van der Waals surface area contributed by atoms with Gasteiger partial charge in [-0.25, -0.2) is 13.1 Å². The second-order valence-electron chi connectivity index (χ2n) is 4.74. The summed E-state index contributed by atoms with van der Waals surface area (Å²) in [6.45, 7) is 1.72. The molecule has 1 aromatic rings. The summed E-state index contributed by atoms with van der Waals surface area (Å²) in [6.07, 6.45) is 2.87. The third kappa shape index (κ3) is 3.61. The lowest BCUT2D eigenvalue weighted by Crippen LogP contribution is -2.44. The zero-order valence-electron chi connectivity index (χ0n) is 10.5. The first-order valence-electron chi connectivity index (χ1n) is 6.02. The van der Waals surface area contributed by atoms with Crippen molar-refractivity contribution in [1.82, 2.24) is 4.72 Å². The highest BCUT2D eigenvalue weighted by molar-refractivity contribution is 7.88. The Kier molecular flexibility index (Phi) is 3.77. The van der Waals surface area contributed by atoms with E-state index in [1.165, 1.54) is 6.26 Å². The van der Waals surface area contributed by atoms with Crippen LogP contribution in [0.25, 0.3) is 0 Å². The van der Waals surface area contributed by atoms with Gasteiger partial charge < -0.3 is 10.6 Å². The number of nitrogens with zero attached hydrogens (tertiary/aromatic N) is 1. The van der Waals surface area contributed by atoms with Gasteiger partial charge in [-0.15, -0.1) is 0 Å². The minimum atomic E-state index is -3.10. The summed E-state index contributed by atoms with van der Waals surface area (Å²) >= 11 is 0. The topological polar surface area (TPSA) is 75.4 Å². The van der Waals surface area contributed by atoms with Gasteiger partial charge >= 0.3 is 0 Å². The van der Waals surface area contributed by atoms with Crippen LogP contribution in [0.15, 0.2) is 24.3 Å². The van der Waals surface area contributed by atoms with Crippen molar-refractivity contribution in [2.45, 2.75) is 18.9 Å². The van der Waals surface area contributed by atoms with Gasteiger partial charge in [0.2, 0.25) is 10.0 Å². The standard InChI is InChI=1S/C12H19N3O2S/c1-18(16,17)14-11-6-8-15(9-7-11)12-4-2-10(13)3-5-12/h2-5,11,14H,6-9,13H2,1H3. The lowest BCUT2D eigenvalue weighted by atomic mass is 10.1. The van der Waals surface area contributed by atoms with E-state index in [9.17, 15) is 8.42 Å². The van der Waals surface area contributed by atoms with Gasteiger partial charge in [-0.05, 0) is 37.1 Å². The Morgan fingerprint density at radius 1 is 1.22 bits per heavy atom. The molecule has 1 fully saturated rings. The van der Waals surface area contributed by atoms with Gasteiger partial charge in [0.25, 0.3) is 0 Å². The molecule has 0 spiro atoms. The molecule has 0 bridgehead atoms. The third-order valence-electron chi connectivity index (χ3n) is 3.13. The molecule has 1 aliphatic rings. The molecule has 18 heavy (non-hydrogen) atoms. The third-order valence-corrected chi connectivity index (χ3v) is 3.90. The van der Waals surface area contributed by atoms with Crippen molar-refractivity contribution < 1.29 is 8.42 Å². The predicted molar refractivity (Wildman–Crippen MR) is 74.1 cm³/mol. The van der Waals surface area contributed by atoms with Crippen LogP contribution < -0.4 is 15.4 Å². The lowest BCUT2D eigenvalue weighted by molar-refractivity contribution is 0.462. The molecule has 1 saturated heterocycles. The molecule has 1 aromatic carbocycles. The van der Waals surface area contributed by atoms with Crippen molar-refractivity contribution in [2.75, 3.05) is 30.0 Å². The van der Waals surface area contributed by atoms with E-state index in [-0.39, 0.29) is 6.04 Å². The zero-order valence-corrected chi connectivity index (χ0v) is 11.3. The van der Waals surface area contributed by atoms with Crippen molar-refractivity contribution in [3.63, 3.8) is 0 Å². The maximum atomic E-state index is 11.1. The average Bonchev–Trinajstić information content (AvgIpc) is 2.29. The van der Waals surface area contributed by atoms with E-state index in [2.05, 4.69) is 9.62 Å². The van der Waals surface area contributed by atoms with Gasteiger partial charge in [-0.1, -0.05) is 0 Å². The highest BCUT2D eigenvalue weighted by atomic mass is 32.2. The first-order chi connectivity index (χ1) is 8.44. The van der Waals surface area contributed by atoms with E-state index in [0.29, 0.717) is 0 Å². The van der Waals surface area contributed by atoms with Crippen LogP contribution in [0.1, 0.15) is 12.8 Å². The molecule has 1 aliphatic heterocycles. The number of benzene rings is 1. The molecule has 3 N–H and O–H groups in total. The van der Waals surface area contributed by atoms with Crippen molar-refractivity contribution in [1.29, 1.82) is 0 Å². The van der Waals surface area contributed by atoms with Gasteiger partial charge in [0.1, 0.15) is 0 Å². The molecule has 100 valence electrons. The average molecular weight is 269 g/mol. The summed E-state index contributed by atoms with van der Waals surface area (Å²) in [4.78, 5) is 2.25. The molecular weight excluding hydrogens is 250 g/mol. The summed E-state index contributed by atoms with van der Waals surface area (Å²) in [5.41, 5.74) is 7.55. The molecule has 2 rings (SSSR count). The highest BCUT2D eigenvalue weighted by Gasteiger charge is 2.21. The van der Waals surface area contributed by atoms with Gasteiger partial charge in [0.15, 0.2) is 0 Å². The Morgan fingerprint density at radius 2 is 1.78 bits per heavy atom. The van der Waals surface area contributed by atoms with Crippen LogP contribution in [0.4, 0.5) is 11.4 Å². The molecule has 0 unspecified atom stereocenters. The van der Waals surface area contributed by atoms with E-state index in [4.69, 9.17) is 5.73 Å². The molecule has 0 saturated carbocycles. The second-order valence-corrected chi connectivity index (χ2v) is 6.52. The molecule has 5 nitrogen and oxygen atoms in total. The summed E-state index contributed by atoms with van der Waals surface area (Å²) in [5, 5.41) is 0. The summed E-state index contributed by atoms with van der Waals surface area (Å²) in [7, 11) is -3.10. The van der Waals surface area contributed by atoms with Crippen LogP contribution in [-0.4, -0.2) is 33.8 Å². The first-order valence-corrected chi connectivity index (χ1v) is 7.91. The number of sulfonamides is 1. The number of rotatable bonds is 3. The minimum absolute atomic E-state index is 0.0602. The monoisotopic (exact) mass is 269 g/mol. The molecule has 1 heterocycles. The SMILES string of the molecule is CS(=O)(=O)NC1CCN(c2ccc(N)cc2)CC1. The maximum Gasteiger partial charge on any atom is 0.208 e. The van der Waals surface area contributed by atoms with E-state index >= 15 is 0 Å². The summed E-state index contributed by atoms with van der Waals surface area (Å²) in [5.74, 6) is 0. The van der Waals surface area contributed by atoms with Crippen LogP contribution >= 0.6 is 0 Å². The summed E-state index contributed by atoms with van der Waals surface area (Å²) < 4.78 is 25.0. The maximum absolute atomic E-state index is 11.1. The Balaban J connectivity index is 1.92. The van der Waals surface area contributed by atoms with Crippen molar-refractivity contribution >= 4 is 21.4 Å². The predicted octanol–water partition coefficient (Wildman–Crippen LogP) is 0.787. The number of nitrogens with one attached hydrogen (secondary N) is 1. The quantitative estimate of drug-likeness (QED) is 0.795. The van der Waals surface area contributed by atoms with Gasteiger partial charge in [0.05, 0.1) is 6.26 Å². The number of piperidine rings is 1. The van der Waals surface area contributed by atoms with Crippen LogP contribution in [0.3, 0.4) is 0 Å². The number of anilines is 2. The normalized spacial score (nSPS) is 17.9. The Bertz CT molecular complexity index is 491. The van der Waals surface area contributed by atoms with E-state index in [1.807, 2.05) is 24.3 Å². The second kappa shape index (κ2) is 5.16. The molecule has 0 radical (unpaired) electrons. The lowest BCUT2D eigenvalue weighted by Gasteiger charge is -2.33. The number of nitrogen functional groups attached to an aromatic ring is 1. The minimum Gasteiger partial charge on any atom is -0.399 e. The van der Waals surface area contributed by atoms with Crippen molar-refractivity contribution in [3.8, 4) is 0 Å². The van der Waals surface area contributed by atoms with Crippen molar-refractivity contribution in [3.05, 3.63) is 24.3 Å². The first kappa shape index (κ1) is 13.2. The smallest absolute Gasteiger partial charge is 0.208 e. The summed E-state index contributed by atoms with van der Waals surface area (Å²) in [6, 6.07) is 7.83. The number of hydrogen-bond acceptors (Lipinski definition) is 4. The van der Waals surface area contributed by atoms with Crippen LogP contribution in [-0.2, 0) is 10.0 Å². The van der Waals surface area contributed by atoms with Crippen LogP contribution in [0.5, 0.6) is 0 Å². The van der Waals surface area contributed by atoms with Gasteiger partial charge in [0, 0.05) is 30.5 Å². The van der Waals surface area contributed by atoms with Gasteiger partial charge in [-0.3, -0.25) is 0 Å². The Labute approximate surface area is 108 Å². The fraction of sp³-hybridized carbons (Fsp3) is 0.500. The van der Waals surface area contributed by atoms with Crippen molar-refractivity contribution in [2.24, 2.45) is 0 Å². The highest BCUT2D eigenvalue weighted by Crippen LogP contribution is 2.21. The molecule has 0 amide bonds. The van der Waals surface area contributed by atoms with E-state index < -0.39 is 10.0 Å². The van der Waals surface area contributed by atoms with E-state index in [0.717, 1.165) is 37.3 Å². The van der Waals surface area contributed by atoms with Crippen LogP contribution in [0.2, 0.25) is 0 Å². The number of nitrogens with two attached hydrogens (primary N) is 1. The largest absolute Gasteiger partial charge is 0.399 e. The molecular formula is C12H19N3O2S.